The van der Waals surface area contributed by atoms with Gasteiger partial charge in [0.25, 0.3) is 5.69 Å². The van der Waals surface area contributed by atoms with Crippen molar-refractivity contribution in [2.24, 2.45) is 0 Å². The van der Waals surface area contributed by atoms with E-state index >= 15 is 0 Å². The first-order chi connectivity index (χ1) is 12.5. The van der Waals surface area contributed by atoms with Gasteiger partial charge in [-0.15, -0.1) is 10.2 Å². The molecule has 1 heterocycles. The highest BCUT2D eigenvalue weighted by Gasteiger charge is 2.16. The summed E-state index contributed by atoms with van der Waals surface area (Å²) >= 11 is 7.15. The van der Waals surface area contributed by atoms with E-state index in [0.29, 0.717) is 10.2 Å². The second kappa shape index (κ2) is 7.98. The zero-order chi connectivity index (χ0) is 18.5. The maximum atomic E-state index is 12.2. The molecule has 1 amide bonds. The second-order valence-electron chi connectivity index (χ2n) is 5.07. The van der Waals surface area contributed by atoms with E-state index in [4.69, 9.17) is 11.6 Å². The van der Waals surface area contributed by atoms with Crippen molar-refractivity contribution in [3.63, 3.8) is 0 Å². The fraction of sp³-hybridized carbons (Fsp3) is 0.0625. The molecule has 0 atom stereocenters. The van der Waals surface area contributed by atoms with Crippen LogP contribution in [0.2, 0.25) is 5.02 Å². The van der Waals surface area contributed by atoms with Gasteiger partial charge in [0.15, 0.2) is 5.16 Å². The van der Waals surface area contributed by atoms with Crippen LogP contribution >= 0.6 is 23.4 Å². The number of rotatable bonds is 6. The Kier molecular flexibility index (Phi) is 5.49. The van der Waals surface area contributed by atoms with Crippen molar-refractivity contribution in [1.82, 2.24) is 14.8 Å². The van der Waals surface area contributed by atoms with Gasteiger partial charge in [-0.05, 0) is 24.3 Å². The first-order valence-corrected chi connectivity index (χ1v) is 8.73. The molecule has 3 rings (SSSR count). The zero-order valence-corrected chi connectivity index (χ0v) is 14.8. The molecule has 132 valence electrons. The number of para-hydroxylation sites is 2. The van der Waals surface area contributed by atoms with Gasteiger partial charge in [-0.2, -0.15) is 0 Å². The number of nitrogens with zero attached hydrogens (tertiary/aromatic N) is 4. The molecule has 10 heteroatoms. The summed E-state index contributed by atoms with van der Waals surface area (Å²) in [6.45, 7) is 0. The monoisotopic (exact) mass is 389 g/mol. The third kappa shape index (κ3) is 4.19. The minimum Gasteiger partial charge on any atom is -0.320 e. The maximum Gasteiger partial charge on any atom is 0.292 e. The summed E-state index contributed by atoms with van der Waals surface area (Å²) in [5, 5.41) is 22.5. The molecule has 8 nitrogen and oxygen atoms in total. The van der Waals surface area contributed by atoms with E-state index in [-0.39, 0.29) is 23.0 Å². The van der Waals surface area contributed by atoms with Gasteiger partial charge in [0, 0.05) is 11.1 Å². The molecule has 0 spiro atoms. The Hall–Kier alpha value is -2.91. The summed E-state index contributed by atoms with van der Waals surface area (Å²) < 4.78 is 1.70. The van der Waals surface area contributed by atoms with Crippen molar-refractivity contribution in [3.8, 4) is 5.69 Å². The molecule has 3 aromatic rings. The van der Waals surface area contributed by atoms with Crippen LogP contribution in [0.15, 0.2) is 60.0 Å². The van der Waals surface area contributed by atoms with Gasteiger partial charge in [0.05, 0.1) is 16.4 Å². The van der Waals surface area contributed by atoms with Crippen molar-refractivity contribution in [3.05, 3.63) is 70.0 Å². The van der Waals surface area contributed by atoms with E-state index in [1.165, 1.54) is 24.5 Å². The molecular formula is C16H12ClN5O3S. The standard InChI is InChI=1S/C16H12ClN5O3S/c17-11-4-3-5-12(8-11)21-10-18-20-16(21)26-9-15(23)19-13-6-1-2-7-14(13)22(24)25/h1-8,10H,9H2,(H,19,23). The summed E-state index contributed by atoms with van der Waals surface area (Å²) in [7, 11) is 0. The molecule has 0 saturated heterocycles. The molecule has 0 fully saturated rings. The molecule has 0 aliphatic rings. The fourth-order valence-corrected chi connectivity index (χ4v) is 3.09. The maximum absolute atomic E-state index is 12.2. The summed E-state index contributed by atoms with van der Waals surface area (Å²) in [6, 6.07) is 13.1. The number of amides is 1. The van der Waals surface area contributed by atoms with Gasteiger partial charge >= 0.3 is 0 Å². The Balaban J connectivity index is 1.68. The Morgan fingerprint density at radius 1 is 1.27 bits per heavy atom. The van der Waals surface area contributed by atoms with E-state index < -0.39 is 4.92 Å². The lowest BCUT2D eigenvalue weighted by Gasteiger charge is -2.07. The first-order valence-electron chi connectivity index (χ1n) is 7.36. The van der Waals surface area contributed by atoms with Crippen molar-refractivity contribution in [1.29, 1.82) is 0 Å². The van der Waals surface area contributed by atoms with Gasteiger partial charge in [0.1, 0.15) is 12.0 Å². The fourth-order valence-electron chi connectivity index (χ4n) is 2.18. The third-order valence-corrected chi connectivity index (χ3v) is 4.49. The van der Waals surface area contributed by atoms with Gasteiger partial charge in [-0.3, -0.25) is 19.5 Å². The smallest absolute Gasteiger partial charge is 0.292 e. The minimum atomic E-state index is -0.543. The number of carbonyl (C=O) groups excluding carboxylic acids is 1. The molecule has 0 saturated carbocycles. The number of nitro groups is 1. The van der Waals surface area contributed by atoms with E-state index in [1.54, 1.807) is 28.8 Å². The summed E-state index contributed by atoms with van der Waals surface area (Å²) in [5.41, 5.74) is 0.761. The third-order valence-electron chi connectivity index (χ3n) is 3.31. The Labute approximate surface area is 157 Å². The van der Waals surface area contributed by atoms with E-state index in [2.05, 4.69) is 15.5 Å². The molecule has 1 aromatic heterocycles. The molecule has 0 aliphatic carbocycles. The number of halogens is 1. The average molecular weight is 390 g/mol. The molecule has 2 aromatic carbocycles. The number of thioether (sulfide) groups is 1. The van der Waals surface area contributed by atoms with Gasteiger partial charge < -0.3 is 5.32 Å². The first kappa shape index (κ1) is 17.9. The van der Waals surface area contributed by atoms with Crippen LogP contribution in [-0.4, -0.2) is 31.3 Å². The number of nitrogens with one attached hydrogen (secondary N) is 1. The highest BCUT2D eigenvalue weighted by molar-refractivity contribution is 7.99. The molecule has 0 bridgehead atoms. The van der Waals surface area contributed by atoms with Crippen LogP contribution in [0.1, 0.15) is 0 Å². The second-order valence-corrected chi connectivity index (χ2v) is 6.45. The van der Waals surface area contributed by atoms with Crippen LogP contribution in [0.5, 0.6) is 0 Å². The van der Waals surface area contributed by atoms with Crippen LogP contribution in [0.3, 0.4) is 0 Å². The van der Waals surface area contributed by atoms with E-state index in [0.717, 1.165) is 17.4 Å². The quantitative estimate of drug-likeness (QED) is 0.393. The Morgan fingerprint density at radius 2 is 2.08 bits per heavy atom. The SMILES string of the molecule is O=C(CSc1nncn1-c1cccc(Cl)c1)Nc1ccccc1[N+](=O)[O-]. The average Bonchev–Trinajstić information content (AvgIpc) is 3.09. The minimum absolute atomic E-state index is 0.0192. The molecule has 0 unspecified atom stereocenters. The number of anilines is 1. The number of aromatic nitrogens is 3. The van der Waals surface area contributed by atoms with E-state index in [9.17, 15) is 14.9 Å². The number of nitro benzene ring substituents is 1. The number of carbonyl (C=O) groups is 1. The summed E-state index contributed by atoms with van der Waals surface area (Å²) in [4.78, 5) is 22.6. The zero-order valence-electron chi connectivity index (χ0n) is 13.2. The molecule has 26 heavy (non-hydrogen) atoms. The van der Waals surface area contributed by atoms with Crippen LogP contribution in [0.25, 0.3) is 5.69 Å². The lowest BCUT2D eigenvalue weighted by Crippen LogP contribution is -2.15. The van der Waals surface area contributed by atoms with Crippen LogP contribution in [0, 0.1) is 10.1 Å². The van der Waals surface area contributed by atoms with Gasteiger partial charge in [0.2, 0.25) is 5.91 Å². The van der Waals surface area contributed by atoms with Crippen molar-refractivity contribution < 1.29 is 9.72 Å². The van der Waals surface area contributed by atoms with Crippen LogP contribution < -0.4 is 5.32 Å². The molecular weight excluding hydrogens is 378 g/mol. The normalized spacial score (nSPS) is 10.5. The summed E-state index contributed by atoms with van der Waals surface area (Å²) in [5.74, 6) is -0.365. The van der Waals surface area contributed by atoms with E-state index in [1.807, 2.05) is 6.07 Å². The predicted octanol–water partition coefficient (Wildman–Crippen LogP) is 3.56. The van der Waals surface area contributed by atoms with Crippen molar-refractivity contribution >= 4 is 40.6 Å². The van der Waals surface area contributed by atoms with Crippen LogP contribution in [-0.2, 0) is 4.79 Å². The predicted molar refractivity (Wildman–Crippen MR) is 98.8 cm³/mol. The summed E-state index contributed by atoms with van der Waals surface area (Å²) in [6.07, 6.45) is 1.52. The molecule has 0 radical (unpaired) electrons. The van der Waals surface area contributed by atoms with Gasteiger partial charge in [-0.1, -0.05) is 41.6 Å². The molecule has 0 aliphatic heterocycles. The Bertz CT molecular complexity index is 962. The topological polar surface area (TPSA) is 103 Å². The Morgan fingerprint density at radius 3 is 2.85 bits per heavy atom. The lowest BCUT2D eigenvalue weighted by molar-refractivity contribution is -0.383. The highest BCUT2D eigenvalue weighted by atomic mass is 35.5. The number of hydrogen-bond donors (Lipinski definition) is 1. The molecule has 1 N–H and O–H groups in total. The van der Waals surface area contributed by atoms with Crippen molar-refractivity contribution in [2.45, 2.75) is 5.16 Å². The number of hydrogen-bond acceptors (Lipinski definition) is 6. The van der Waals surface area contributed by atoms with Gasteiger partial charge in [-0.25, -0.2) is 0 Å². The van der Waals surface area contributed by atoms with Crippen molar-refractivity contribution in [2.75, 3.05) is 11.1 Å². The largest absolute Gasteiger partial charge is 0.320 e. The highest BCUT2D eigenvalue weighted by Crippen LogP contribution is 2.25. The lowest BCUT2D eigenvalue weighted by atomic mass is 10.2. The van der Waals surface area contributed by atoms with Crippen LogP contribution in [0.4, 0.5) is 11.4 Å². The number of benzene rings is 2.